The molecule has 0 unspecified atom stereocenters. The van der Waals surface area contributed by atoms with Crippen molar-refractivity contribution in [2.24, 2.45) is 0 Å². The Labute approximate surface area is 145 Å². The minimum absolute atomic E-state index is 0.00897. The van der Waals surface area contributed by atoms with Crippen LogP contribution in [-0.2, 0) is 0 Å². The third kappa shape index (κ3) is 3.42. The molecule has 0 amide bonds. The van der Waals surface area contributed by atoms with Crippen molar-refractivity contribution in [1.29, 1.82) is 0 Å². The van der Waals surface area contributed by atoms with Crippen LogP contribution in [0.2, 0.25) is 0 Å². The monoisotopic (exact) mass is 341 g/mol. The van der Waals surface area contributed by atoms with Crippen molar-refractivity contribution >= 4 is 6.08 Å². The molecule has 1 heterocycles. The van der Waals surface area contributed by atoms with Gasteiger partial charge in [0.15, 0.2) is 11.5 Å². The van der Waals surface area contributed by atoms with Gasteiger partial charge in [0.1, 0.15) is 5.75 Å². The van der Waals surface area contributed by atoms with Crippen LogP contribution in [0.3, 0.4) is 0 Å². The number of fused-ring (bicyclic) bond motifs is 1. The fourth-order valence-electron chi connectivity index (χ4n) is 2.75. The summed E-state index contributed by atoms with van der Waals surface area (Å²) in [5.41, 5.74) is 1.33. The predicted octanol–water partition coefficient (Wildman–Crippen LogP) is 4.24. The van der Waals surface area contributed by atoms with E-state index in [-0.39, 0.29) is 5.70 Å². The van der Waals surface area contributed by atoms with E-state index in [1.54, 1.807) is 36.4 Å². The van der Waals surface area contributed by atoms with Crippen LogP contribution >= 0.6 is 0 Å². The summed E-state index contributed by atoms with van der Waals surface area (Å²) in [6.45, 7) is 4.74. The standard InChI is InChI=1S/C19H19NO5/c1-3-23-17-10-9-14(12-18(17)24-4-2)19-15(20(21)22)11-13-7-5-6-8-16(13)25-19/h5-12,19H,3-4H2,1-2H3/t19-/m0/s1. The van der Waals surface area contributed by atoms with E-state index in [2.05, 4.69) is 0 Å². The molecular weight excluding hydrogens is 322 g/mol. The van der Waals surface area contributed by atoms with Gasteiger partial charge in [0.05, 0.1) is 18.1 Å². The molecule has 1 aliphatic heterocycles. The average Bonchev–Trinajstić information content (AvgIpc) is 2.62. The predicted molar refractivity (Wildman–Crippen MR) is 93.6 cm³/mol. The van der Waals surface area contributed by atoms with Gasteiger partial charge in [0.2, 0.25) is 6.10 Å². The van der Waals surface area contributed by atoms with Gasteiger partial charge in [-0.25, -0.2) is 0 Å². The van der Waals surface area contributed by atoms with Crippen LogP contribution in [0, 0.1) is 10.1 Å². The van der Waals surface area contributed by atoms with Crippen molar-refractivity contribution in [3.63, 3.8) is 0 Å². The molecule has 130 valence electrons. The molecule has 0 saturated heterocycles. The number of hydrogen-bond donors (Lipinski definition) is 0. The number of para-hydroxylation sites is 1. The van der Waals surface area contributed by atoms with E-state index in [0.29, 0.717) is 41.6 Å². The van der Waals surface area contributed by atoms with E-state index in [1.165, 1.54) is 0 Å². The number of nitro groups is 1. The van der Waals surface area contributed by atoms with E-state index in [0.717, 1.165) is 0 Å². The van der Waals surface area contributed by atoms with Gasteiger partial charge in [-0.3, -0.25) is 10.1 Å². The molecule has 0 spiro atoms. The summed E-state index contributed by atoms with van der Waals surface area (Å²) in [4.78, 5) is 11.1. The molecule has 2 aromatic carbocycles. The zero-order chi connectivity index (χ0) is 17.8. The minimum Gasteiger partial charge on any atom is -0.490 e. The van der Waals surface area contributed by atoms with E-state index in [4.69, 9.17) is 14.2 Å². The van der Waals surface area contributed by atoms with Gasteiger partial charge < -0.3 is 14.2 Å². The maximum absolute atomic E-state index is 11.5. The van der Waals surface area contributed by atoms with Gasteiger partial charge in [-0.15, -0.1) is 0 Å². The quantitative estimate of drug-likeness (QED) is 0.581. The Morgan fingerprint density at radius 1 is 1.08 bits per heavy atom. The van der Waals surface area contributed by atoms with E-state index >= 15 is 0 Å². The average molecular weight is 341 g/mol. The largest absolute Gasteiger partial charge is 0.490 e. The SMILES string of the molecule is CCOc1ccc([C@@H]2Oc3ccccc3C=C2[N+](=O)[O-])cc1OCC. The highest BCUT2D eigenvalue weighted by molar-refractivity contribution is 5.62. The molecule has 0 N–H and O–H groups in total. The lowest BCUT2D eigenvalue weighted by molar-refractivity contribution is -0.434. The molecule has 1 aliphatic rings. The van der Waals surface area contributed by atoms with Gasteiger partial charge in [0, 0.05) is 17.2 Å². The van der Waals surface area contributed by atoms with E-state index < -0.39 is 11.0 Å². The smallest absolute Gasteiger partial charge is 0.291 e. The van der Waals surface area contributed by atoms with Crippen molar-refractivity contribution in [3.05, 3.63) is 69.4 Å². The fraction of sp³-hybridized carbons (Fsp3) is 0.263. The van der Waals surface area contributed by atoms with Crippen molar-refractivity contribution in [1.82, 2.24) is 0 Å². The Morgan fingerprint density at radius 3 is 2.52 bits per heavy atom. The topological polar surface area (TPSA) is 70.8 Å². The first-order valence-electron chi connectivity index (χ1n) is 8.15. The third-order valence-corrected chi connectivity index (χ3v) is 3.82. The highest BCUT2D eigenvalue weighted by Gasteiger charge is 2.33. The van der Waals surface area contributed by atoms with Crippen LogP contribution < -0.4 is 14.2 Å². The Bertz CT molecular complexity index is 815. The zero-order valence-corrected chi connectivity index (χ0v) is 14.1. The molecule has 3 rings (SSSR count). The first-order chi connectivity index (χ1) is 12.1. The van der Waals surface area contributed by atoms with Crippen molar-refractivity contribution in [2.45, 2.75) is 20.0 Å². The van der Waals surface area contributed by atoms with Crippen molar-refractivity contribution < 1.29 is 19.1 Å². The second-order valence-electron chi connectivity index (χ2n) is 5.43. The number of benzene rings is 2. The summed E-state index contributed by atoms with van der Waals surface area (Å²) in [6, 6.07) is 12.5. The van der Waals surface area contributed by atoms with Crippen LogP contribution in [0.4, 0.5) is 0 Å². The van der Waals surface area contributed by atoms with Crippen LogP contribution in [0.1, 0.15) is 31.1 Å². The van der Waals surface area contributed by atoms with E-state index in [9.17, 15) is 10.1 Å². The second-order valence-corrected chi connectivity index (χ2v) is 5.43. The summed E-state index contributed by atoms with van der Waals surface area (Å²) in [5.74, 6) is 1.77. The fourth-order valence-corrected chi connectivity index (χ4v) is 2.75. The third-order valence-electron chi connectivity index (χ3n) is 3.82. The van der Waals surface area contributed by atoms with E-state index in [1.807, 2.05) is 26.0 Å². The summed E-state index contributed by atoms with van der Waals surface area (Å²) < 4.78 is 17.1. The van der Waals surface area contributed by atoms with Gasteiger partial charge in [0.25, 0.3) is 5.70 Å². The summed E-state index contributed by atoms with van der Waals surface area (Å²) in [5, 5.41) is 11.5. The van der Waals surface area contributed by atoms with Crippen LogP contribution in [0.5, 0.6) is 17.2 Å². The molecular formula is C19H19NO5. The van der Waals surface area contributed by atoms with Crippen LogP contribution in [0.25, 0.3) is 6.08 Å². The lowest BCUT2D eigenvalue weighted by Crippen LogP contribution is -2.19. The first-order valence-corrected chi connectivity index (χ1v) is 8.15. The molecule has 0 aromatic heterocycles. The number of hydrogen-bond acceptors (Lipinski definition) is 5. The van der Waals surface area contributed by atoms with Gasteiger partial charge >= 0.3 is 0 Å². The normalized spacial score (nSPS) is 15.6. The zero-order valence-electron chi connectivity index (χ0n) is 14.1. The number of ether oxygens (including phenoxy) is 3. The highest BCUT2D eigenvalue weighted by atomic mass is 16.6. The van der Waals surface area contributed by atoms with Crippen LogP contribution in [0.15, 0.2) is 48.2 Å². The Balaban J connectivity index is 2.03. The Kier molecular flexibility index (Phi) is 4.88. The van der Waals surface area contributed by atoms with Crippen molar-refractivity contribution in [2.75, 3.05) is 13.2 Å². The second kappa shape index (κ2) is 7.25. The molecule has 0 aliphatic carbocycles. The molecule has 0 radical (unpaired) electrons. The molecule has 1 atom stereocenters. The maximum Gasteiger partial charge on any atom is 0.291 e. The molecule has 0 fully saturated rings. The van der Waals surface area contributed by atoms with Crippen LogP contribution in [-0.4, -0.2) is 18.1 Å². The van der Waals surface area contributed by atoms with Gasteiger partial charge in [-0.2, -0.15) is 0 Å². The Hall–Kier alpha value is -3.02. The molecule has 25 heavy (non-hydrogen) atoms. The Morgan fingerprint density at radius 2 is 1.80 bits per heavy atom. The number of nitrogens with zero attached hydrogens (tertiary/aromatic N) is 1. The van der Waals surface area contributed by atoms with Crippen molar-refractivity contribution in [3.8, 4) is 17.2 Å². The lowest BCUT2D eigenvalue weighted by atomic mass is 10.0. The first kappa shape index (κ1) is 16.8. The minimum atomic E-state index is -0.806. The molecule has 2 aromatic rings. The highest BCUT2D eigenvalue weighted by Crippen LogP contribution is 2.40. The number of rotatable bonds is 6. The molecule has 6 nitrogen and oxygen atoms in total. The molecule has 0 bridgehead atoms. The van der Waals surface area contributed by atoms with Gasteiger partial charge in [-0.05, 0) is 32.0 Å². The molecule has 0 saturated carbocycles. The molecule has 6 heteroatoms. The summed E-state index contributed by atoms with van der Waals surface area (Å²) >= 11 is 0. The lowest BCUT2D eigenvalue weighted by Gasteiger charge is -2.23. The maximum atomic E-state index is 11.5. The summed E-state index contributed by atoms with van der Waals surface area (Å²) in [7, 11) is 0. The van der Waals surface area contributed by atoms with Gasteiger partial charge in [-0.1, -0.05) is 24.3 Å². The summed E-state index contributed by atoms with van der Waals surface area (Å²) in [6.07, 6.45) is 0.750.